The van der Waals surface area contributed by atoms with E-state index in [1.54, 1.807) is 12.1 Å². The van der Waals surface area contributed by atoms with Crippen molar-refractivity contribution in [1.29, 1.82) is 0 Å². The predicted molar refractivity (Wildman–Crippen MR) is 110 cm³/mol. The average molecular weight is 383 g/mol. The number of nitrogens with zero attached hydrogens (tertiary/aromatic N) is 1. The van der Waals surface area contributed by atoms with Crippen molar-refractivity contribution in [2.45, 2.75) is 26.2 Å². The SMILES string of the molecule is Cc1c(C(=O)NCCc2ccc(N3CCCC3)cc2)oc2ccc(Cl)cc12. The third-order valence-electron chi connectivity index (χ3n) is 5.21. The first kappa shape index (κ1) is 17.9. The predicted octanol–water partition coefficient (Wildman–Crippen LogP) is 4.97. The molecule has 4 nitrogen and oxygen atoms in total. The van der Waals surface area contributed by atoms with Crippen LogP contribution in [0.3, 0.4) is 0 Å². The van der Waals surface area contributed by atoms with Gasteiger partial charge in [0.1, 0.15) is 5.58 Å². The number of rotatable bonds is 5. The molecular weight excluding hydrogens is 360 g/mol. The molecule has 140 valence electrons. The van der Waals surface area contributed by atoms with Gasteiger partial charge in [-0.15, -0.1) is 0 Å². The number of carbonyl (C=O) groups excluding carboxylic acids is 1. The van der Waals surface area contributed by atoms with E-state index >= 15 is 0 Å². The van der Waals surface area contributed by atoms with Gasteiger partial charge in [-0.25, -0.2) is 0 Å². The van der Waals surface area contributed by atoms with E-state index in [0.29, 0.717) is 22.9 Å². The summed E-state index contributed by atoms with van der Waals surface area (Å²) in [6.45, 7) is 4.75. The smallest absolute Gasteiger partial charge is 0.287 e. The van der Waals surface area contributed by atoms with E-state index in [1.165, 1.54) is 24.1 Å². The summed E-state index contributed by atoms with van der Waals surface area (Å²) in [5.74, 6) is 0.171. The number of fused-ring (bicyclic) bond motifs is 1. The van der Waals surface area contributed by atoms with Crippen molar-refractivity contribution in [2.24, 2.45) is 0 Å². The van der Waals surface area contributed by atoms with Crippen LogP contribution in [0.15, 0.2) is 46.9 Å². The molecule has 1 aromatic heterocycles. The molecule has 0 spiro atoms. The molecule has 0 saturated carbocycles. The van der Waals surface area contributed by atoms with E-state index in [0.717, 1.165) is 30.5 Å². The minimum atomic E-state index is -0.187. The summed E-state index contributed by atoms with van der Waals surface area (Å²) < 4.78 is 5.71. The minimum Gasteiger partial charge on any atom is -0.451 e. The standard InChI is InChI=1S/C22H23ClN2O2/c1-15-19-14-17(23)6-9-20(19)27-21(15)22(26)24-11-10-16-4-7-18(8-5-16)25-12-2-3-13-25/h4-9,14H,2-3,10-13H2,1H3,(H,24,26). The molecular formula is C22H23ClN2O2. The van der Waals surface area contributed by atoms with E-state index in [2.05, 4.69) is 34.5 Å². The molecule has 0 atom stereocenters. The quantitative estimate of drug-likeness (QED) is 0.677. The van der Waals surface area contributed by atoms with Gasteiger partial charge in [0.05, 0.1) is 0 Å². The summed E-state index contributed by atoms with van der Waals surface area (Å²) >= 11 is 6.04. The molecule has 1 amide bonds. The first-order chi connectivity index (χ1) is 13.1. The Labute approximate surface area is 164 Å². The number of carbonyl (C=O) groups is 1. The van der Waals surface area contributed by atoms with Gasteiger partial charge in [0.2, 0.25) is 0 Å². The van der Waals surface area contributed by atoms with Gasteiger partial charge >= 0.3 is 0 Å². The van der Waals surface area contributed by atoms with Gasteiger partial charge in [-0.3, -0.25) is 4.79 Å². The van der Waals surface area contributed by atoms with E-state index < -0.39 is 0 Å². The van der Waals surface area contributed by atoms with Gasteiger partial charge in [0.25, 0.3) is 5.91 Å². The molecule has 3 aromatic rings. The normalized spacial score (nSPS) is 14.1. The molecule has 0 radical (unpaired) electrons. The molecule has 0 aliphatic carbocycles. The van der Waals surface area contributed by atoms with Crippen molar-refractivity contribution in [3.63, 3.8) is 0 Å². The number of nitrogens with one attached hydrogen (secondary N) is 1. The Morgan fingerprint density at radius 1 is 1.15 bits per heavy atom. The highest BCUT2D eigenvalue weighted by Gasteiger charge is 2.17. The van der Waals surface area contributed by atoms with Crippen LogP contribution in [0, 0.1) is 6.92 Å². The van der Waals surface area contributed by atoms with E-state index in [4.69, 9.17) is 16.0 Å². The number of anilines is 1. The number of aryl methyl sites for hydroxylation is 1. The number of hydrogen-bond donors (Lipinski definition) is 1. The van der Waals surface area contributed by atoms with Crippen LogP contribution in [0.4, 0.5) is 5.69 Å². The third kappa shape index (κ3) is 3.81. The Morgan fingerprint density at radius 3 is 2.63 bits per heavy atom. The number of furan rings is 1. The van der Waals surface area contributed by atoms with Crippen molar-refractivity contribution in [3.8, 4) is 0 Å². The Balaban J connectivity index is 1.36. The number of halogens is 1. The van der Waals surface area contributed by atoms with Crippen LogP contribution >= 0.6 is 11.6 Å². The van der Waals surface area contributed by atoms with Gasteiger partial charge < -0.3 is 14.6 Å². The monoisotopic (exact) mass is 382 g/mol. The van der Waals surface area contributed by atoms with Gasteiger partial charge in [-0.1, -0.05) is 23.7 Å². The molecule has 27 heavy (non-hydrogen) atoms. The molecule has 2 heterocycles. The molecule has 4 rings (SSSR count). The summed E-state index contributed by atoms with van der Waals surface area (Å²) in [6, 6.07) is 14.0. The van der Waals surface area contributed by atoms with Crippen molar-refractivity contribution in [3.05, 3.63) is 64.4 Å². The number of benzene rings is 2. The average Bonchev–Trinajstić information content (AvgIpc) is 3.31. The van der Waals surface area contributed by atoms with E-state index in [-0.39, 0.29) is 5.91 Å². The van der Waals surface area contributed by atoms with Gasteiger partial charge in [-0.2, -0.15) is 0 Å². The Morgan fingerprint density at radius 2 is 1.89 bits per heavy atom. The molecule has 1 fully saturated rings. The fourth-order valence-electron chi connectivity index (χ4n) is 3.66. The maximum atomic E-state index is 12.5. The second kappa shape index (κ2) is 7.65. The van der Waals surface area contributed by atoms with Crippen LogP contribution in [-0.4, -0.2) is 25.5 Å². The highest BCUT2D eigenvalue weighted by molar-refractivity contribution is 6.31. The molecule has 0 unspecified atom stereocenters. The van der Waals surface area contributed by atoms with Gasteiger partial charge in [-0.05, 0) is 62.1 Å². The lowest BCUT2D eigenvalue weighted by Crippen LogP contribution is -2.25. The van der Waals surface area contributed by atoms with Crippen LogP contribution < -0.4 is 10.2 Å². The maximum Gasteiger partial charge on any atom is 0.287 e. The molecule has 0 bridgehead atoms. The number of hydrogen-bond acceptors (Lipinski definition) is 3. The zero-order chi connectivity index (χ0) is 18.8. The molecule has 1 aliphatic heterocycles. The highest BCUT2D eigenvalue weighted by Crippen LogP contribution is 2.27. The largest absolute Gasteiger partial charge is 0.451 e. The van der Waals surface area contributed by atoms with Crippen molar-refractivity contribution in [2.75, 3.05) is 24.5 Å². The second-order valence-corrected chi connectivity index (χ2v) is 7.50. The minimum absolute atomic E-state index is 0.187. The van der Waals surface area contributed by atoms with E-state index in [1.807, 2.05) is 13.0 Å². The fraction of sp³-hybridized carbons (Fsp3) is 0.318. The lowest BCUT2D eigenvalue weighted by molar-refractivity contribution is 0.0928. The highest BCUT2D eigenvalue weighted by atomic mass is 35.5. The van der Waals surface area contributed by atoms with Crippen molar-refractivity contribution >= 4 is 34.2 Å². The topological polar surface area (TPSA) is 45.5 Å². The van der Waals surface area contributed by atoms with Crippen LogP contribution in [0.25, 0.3) is 11.0 Å². The first-order valence-corrected chi connectivity index (χ1v) is 9.80. The van der Waals surface area contributed by atoms with Crippen molar-refractivity contribution in [1.82, 2.24) is 5.32 Å². The fourth-order valence-corrected chi connectivity index (χ4v) is 3.83. The number of amides is 1. The summed E-state index contributed by atoms with van der Waals surface area (Å²) in [4.78, 5) is 14.9. The van der Waals surface area contributed by atoms with Crippen LogP contribution in [0.5, 0.6) is 0 Å². The summed E-state index contributed by atoms with van der Waals surface area (Å²) in [5.41, 5.74) is 4.00. The third-order valence-corrected chi connectivity index (χ3v) is 5.45. The zero-order valence-corrected chi connectivity index (χ0v) is 16.2. The van der Waals surface area contributed by atoms with E-state index in [9.17, 15) is 4.79 Å². The summed E-state index contributed by atoms with van der Waals surface area (Å²) in [5, 5.41) is 4.47. The van der Waals surface area contributed by atoms with Crippen LogP contribution in [0.1, 0.15) is 34.5 Å². The zero-order valence-electron chi connectivity index (χ0n) is 15.4. The Bertz CT molecular complexity index is 956. The van der Waals surface area contributed by atoms with Gasteiger partial charge in [0.15, 0.2) is 5.76 Å². The van der Waals surface area contributed by atoms with Gasteiger partial charge in [0, 0.05) is 41.3 Å². The summed E-state index contributed by atoms with van der Waals surface area (Å²) in [6.07, 6.45) is 3.35. The summed E-state index contributed by atoms with van der Waals surface area (Å²) in [7, 11) is 0. The molecule has 2 aromatic carbocycles. The molecule has 1 aliphatic rings. The molecule has 1 N–H and O–H groups in total. The molecule has 5 heteroatoms. The Hall–Kier alpha value is -2.46. The van der Waals surface area contributed by atoms with Crippen LogP contribution in [-0.2, 0) is 6.42 Å². The first-order valence-electron chi connectivity index (χ1n) is 9.42. The van der Waals surface area contributed by atoms with Crippen LogP contribution in [0.2, 0.25) is 5.02 Å². The maximum absolute atomic E-state index is 12.5. The lowest BCUT2D eigenvalue weighted by Gasteiger charge is -2.17. The van der Waals surface area contributed by atoms with Crippen molar-refractivity contribution < 1.29 is 9.21 Å². The second-order valence-electron chi connectivity index (χ2n) is 7.06. The molecule has 1 saturated heterocycles. The Kier molecular flexibility index (Phi) is 5.08. The lowest BCUT2D eigenvalue weighted by atomic mass is 10.1.